The fourth-order valence-electron chi connectivity index (χ4n) is 0.740. The molecule has 0 heterocycles. The molecule has 17 heavy (non-hydrogen) atoms. The average Bonchev–Trinajstić information content (AvgIpc) is 2.23. The standard InChI is InChI=1S/C9H17N3O5/c1-6(2)3-10-7(13)4-11-9(16)12-17-5-8(14)15/h6H,3-5H2,1-2H3,(H,10,13)(H,14,15)(H2,11,12,16). The van der Waals surface area contributed by atoms with Gasteiger partial charge in [-0.25, -0.2) is 15.1 Å². The highest BCUT2D eigenvalue weighted by Gasteiger charge is 2.06. The van der Waals surface area contributed by atoms with Crippen LogP contribution in [0, 0.1) is 5.92 Å². The molecule has 0 fully saturated rings. The summed E-state index contributed by atoms with van der Waals surface area (Å²) in [5, 5.41) is 13.0. The fourth-order valence-corrected chi connectivity index (χ4v) is 0.740. The van der Waals surface area contributed by atoms with Crippen molar-refractivity contribution in [3.63, 3.8) is 0 Å². The zero-order valence-electron chi connectivity index (χ0n) is 9.78. The molecule has 0 atom stereocenters. The molecule has 8 nitrogen and oxygen atoms in total. The molecule has 4 N–H and O–H groups in total. The van der Waals surface area contributed by atoms with Crippen LogP contribution in [0.25, 0.3) is 0 Å². The number of nitrogens with one attached hydrogen (secondary N) is 3. The van der Waals surface area contributed by atoms with E-state index in [1.54, 1.807) is 0 Å². The average molecular weight is 247 g/mol. The second-order valence-corrected chi connectivity index (χ2v) is 3.67. The van der Waals surface area contributed by atoms with E-state index in [0.717, 1.165) is 0 Å². The van der Waals surface area contributed by atoms with Gasteiger partial charge in [-0.2, -0.15) is 0 Å². The Morgan fingerprint density at radius 1 is 1.24 bits per heavy atom. The maximum atomic E-state index is 11.1. The summed E-state index contributed by atoms with van der Waals surface area (Å²) in [5.74, 6) is -1.21. The van der Waals surface area contributed by atoms with Gasteiger partial charge in [-0.05, 0) is 5.92 Å². The van der Waals surface area contributed by atoms with E-state index in [1.165, 1.54) is 0 Å². The first-order valence-electron chi connectivity index (χ1n) is 5.06. The first-order valence-corrected chi connectivity index (χ1v) is 5.06. The maximum absolute atomic E-state index is 11.1. The predicted molar refractivity (Wildman–Crippen MR) is 58.0 cm³/mol. The SMILES string of the molecule is CC(C)CNC(=O)CNC(=O)NOCC(=O)O. The van der Waals surface area contributed by atoms with Crippen molar-refractivity contribution in [1.82, 2.24) is 16.1 Å². The van der Waals surface area contributed by atoms with Crippen molar-refractivity contribution >= 4 is 17.9 Å². The molecule has 98 valence electrons. The molecule has 0 rings (SSSR count). The van der Waals surface area contributed by atoms with Gasteiger partial charge in [0.15, 0.2) is 6.61 Å². The Bertz CT molecular complexity index is 280. The molecule has 0 radical (unpaired) electrons. The van der Waals surface area contributed by atoms with E-state index in [2.05, 4.69) is 15.5 Å². The summed E-state index contributed by atoms with van der Waals surface area (Å²) < 4.78 is 0. The van der Waals surface area contributed by atoms with Crippen LogP contribution >= 0.6 is 0 Å². The number of carbonyl (C=O) groups excluding carboxylic acids is 2. The number of carboxylic acids is 1. The lowest BCUT2D eigenvalue weighted by Gasteiger charge is -2.09. The van der Waals surface area contributed by atoms with Crippen LogP contribution in [0.4, 0.5) is 4.79 Å². The molecule has 0 saturated heterocycles. The zero-order chi connectivity index (χ0) is 13.3. The number of urea groups is 1. The second-order valence-electron chi connectivity index (χ2n) is 3.67. The van der Waals surface area contributed by atoms with Crippen molar-refractivity contribution in [3.05, 3.63) is 0 Å². The maximum Gasteiger partial charge on any atom is 0.339 e. The molecule has 0 saturated carbocycles. The summed E-state index contributed by atoms with van der Waals surface area (Å²) in [6.07, 6.45) is 0. The molecule has 0 bridgehead atoms. The number of hydroxylamine groups is 1. The van der Waals surface area contributed by atoms with E-state index in [9.17, 15) is 14.4 Å². The van der Waals surface area contributed by atoms with E-state index in [-0.39, 0.29) is 12.5 Å². The van der Waals surface area contributed by atoms with Crippen molar-refractivity contribution in [2.24, 2.45) is 5.92 Å². The van der Waals surface area contributed by atoms with Crippen LogP contribution < -0.4 is 16.1 Å². The van der Waals surface area contributed by atoms with Crippen molar-refractivity contribution in [3.8, 4) is 0 Å². The quantitative estimate of drug-likeness (QED) is 0.434. The fraction of sp³-hybridized carbons (Fsp3) is 0.667. The molecule has 0 aliphatic rings. The number of aliphatic carboxylic acids is 1. The molecule has 8 heteroatoms. The Morgan fingerprint density at radius 2 is 1.88 bits per heavy atom. The van der Waals surface area contributed by atoms with Crippen molar-refractivity contribution in [2.75, 3.05) is 19.7 Å². The summed E-state index contributed by atoms with van der Waals surface area (Å²) in [6, 6.07) is -0.772. The van der Waals surface area contributed by atoms with Crippen molar-refractivity contribution in [2.45, 2.75) is 13.8 Å². The first-order chi connectivity index (χ1) is 7.91. The Balaban J connectivity index is 3.55. The normalized spacial score (nSPS) is 9.82. The van der Waals surface area contributed by atoms with Gasteiger partial charge >= 0.3 is 12.0 Å². The minimum Gasteiger partial charge on any atom is -0.479 e. The summed E-state index contributed by atoms with van der Waals surface area (Å²) >= 11 is 0. The summed E-state index contributed by atoms with van der Waals surface area (Å²) in [6.45, 7) is 3.57. The van der Waals surface area contributed by atoms with Crippen molar-refractivity contribution in [1.29, 1.82) is 0 Å². The van der Waals surface area contributed by atoms with Crippen LogP contribution in [0.3, 0.4) is 0 Å². The monoisotopic (exact) mass is 247 g/mol. The highest BCUT2D eigenvalue weighted by molar-refractivity contribution is 5.83. The van der Waals surface area contributed by atoms with Gasteiger partial charge < -0.3 is 15.7 Å². The molecule has 3 amide bonds. The third-order valence-electron chi connectivity index (χ3n) is 1.48. The van der Waals surface area contributed by atoms with E-state index < -0.39 is 18.6 Å². The van der Waals surface area contributed by atoms with E-state index in [1.807, 2.05) is 19.3 Å². The minimum absolute atomic E-state index is 0.199. The molecule has 0 aromatic rings. The molecule has 0 unspecified atom stereocenters. The zero-order valence-corrected chi connectivity index (χ0v) is 9.78. The van der Waals surface area contributed by atoms with Gasteiger partial charge in [-0.1, -0.05) is 13.8 Å². The molecule has 0 aliphatic carbocycles. The third kappa shape index (κ3) is 10.5. The highest BCUT2D eigenvalue weighted by Crippen LogP contribution is 1.86. The lowest BCUT2D eigenvalue weighted by molar-refractivity contribution is -0.144. The van der Waals surface area contributed by atoms with Gasteiger partial charge in [0.1, 0.15) is 0 Å². The van der Waals surface area contributed by atoms with E-state index in [4.69, 9.17) is 5.11 Å². The largest absolute Gasteiger partial charge is 0.479 e. The van der Waals surface area contributed by atoms with Crippen LogP contribution in [0.1, 0.15) is 13.8 Å². The van der Waals surface area contributed by atoms with Crippen LogP contribution in [-0.4, -0.2) is 42.7 Å². The number of rotatable bonds is 7. The van der Waals surface area contributed by atoms with Crippen LogP contribution in [0.5, 0.6) is 0 Å². The van der Waals surface area contributed by atoms with Gasteiger partial charge in [0, 0.05) is 6.54 Å². The molecule has 0 aromatic heterocycles. The smallest absolute Gasteiger partial charge is 0.339 e. The van der Waals surface area contributed by atoms with E-state index >= 15 is 0 Å². The molecule has 0 spiro atoms. The Hall–Kier alpha value is -1.83. The molecular formula is C9H17N3O5. The number of hydrogen-bond acceptors (Lipinski definition) is 4. The van der Waals surface area contributed by atoms with E-state index in [0.29, 0.717) is 12.5 Å². The Labute approximate surface area is 98.7 Å². The van der Waals surface area contributed by atoms with Gasteiger partial charge in [-0.15, -0.1) is 0 Å². The summed E-state index contributed by atoms with van der Waals surface area (Å²) in [5.41, 5.74) is 1.82. The Morgan fingerprint density at radius 3 is 2.41 bits per heavy atom. The number of amides is 3. The molecular weight excluding hydrogens is 230 g/mol. The summed E-state index contributed by atoms with van der Waals surface area (Å²) in [7, 11) is 0. The summed E-state index contributed by atoms with van der Waals surface area (Å²) in [4.78, 5) is 36.4. The first kappa shape index (κ1) is 15.2. The minimum atomic E-state index is -1.21. The number of carbonyl (C=O) groups is 3. The lowest BCUT2D eigenvalue weighted by atomic mass is 10.2. The number of hydrogen-bond donors (Lipinski definition) is 4. The van der Waals surface area contributed by atoms with Crippen LogP contribution in [-0.2, 0) is 14.4 Å². The van der Waals surface area contributed by atoms with Crippen LogP contribution in [0.2, 0.25) is 0 Å². The van der Waals surface area contributed by atoms with Gasteiger partial charge in [0.25, 0.3) is 0 Å². The van der Waals surface area contributed by atoms with Crippen LogP contribution in [0.15, 0.2) is 0 Å². The predicted octanol–water partition coefficient (Wildman–Crippen LogP) is -0.926. The Kier molecular flexibility index (Phi) is 7.44. The topological polar surface area (TPSA) is 117 Å². The second kappa shape index (κ2) is 8.34. The highest BCUT2D eigenvalue weighted by atomic mass is 16.7. The number of carboxylic acid groups (broad SMARTS) is 1. The molecule has 0 aromatic carbocycles. The third-order valence-corrected chi connectivity index (χ3v) is 1.48. The van der Waals surface area contributed by atoms with Gasteiger partial charge in [0.05, 0.1) is 6.54 Å². The molecule has 0 aliphatic heterocycles. The van der Waals surface area contributed by atoms with Gasteiger partial charge in [-0.3, -0.25) is 9.63 Å². The lowest BCUT2D eigenvalue weighted by Crippen LogP contribution is -2.43. The van der Waals surface area contributed by atoms with Crippen molar-refractivity contribution < 1.29 is 24.3 Å². The van der Waals surface area contributed by atoms with Gasteiger partial charge in [0.2, 0.25) is 5.91 Å².